The summed E-state index contributed by atoms with van der Waals surface area (Å²) in [5.74, 6) is 0.107. The van der Waals surface area contributed by atoms with E-state index in [9.17, 15) is 14.9 Å². The van der Waals surface area contributed by atoms with E-state index >= 15 is 0 Å². The first-order chi connectivity index (χ1) is 15.6. The van der Waals surface area contributed by atoms with Gasteiger partial charge in [0.25, 0.3) is 11.6 Å². The quantitative estimate of drug-likeness (QED) is 0.243. The van der Waals surface area contributed by atoms with Crippen LogP contribution in [-0.2, 0) is 11.3 Å². The number of nitro groups is 1. The lowest BCUT2D eigenvalue weighted by Gasteiger charge is -2.09. The molecule has 32 heavy (non-hydrogen) atoms. The molecule has 0 fully saturated rings. The average Bonchev–Trinajstić information content (AvgIpc) is 3.42. The molecule has 0 aliphatic rings. The van der Waals surface area contributed by atoms with Crippen molar-refractivity contribution < 1.29 is 14.5 Å². The van der Waals surface area contributed by atoms with Gasteiger partial charge in [0.15, 0.2) is 0 Å². The molecule has 2 aromatic carbocycles. The Balaban J connectivity index is 1.53. The minimum absolute atomic E-state index is 0.0119. The number of carbonyl (C=O) groups is 1. The number of non-ortho nitro benzene ring substituents is 1. The first kappa shape index (κ1) is 21.2. The van der Waals surface area contributed by atoms with Crippen molar-refractivity contribution in [1.29, 1.82) is 0 Å². The number of anilines is 1. The predicted octanol–water partition coefficient (Wildman–Crippen LogP) is 3.81. The number of fused-ring (bicyclic) bond motifs is 1. The van der Waals surface area contributed by atoms with Crippen molar-refractivity contribution in [3.63, 3.8) is 0 Å². The van der Waals surface area contributed by atoms with Gasteiger partial charge in [0.05, 0.1) is 33.4 Å². The topological polar surface area (TPSA) is 117 Å². The molecule has 164 valence electrons. The Morgan fingerprint density at radius 3 is 2.72 bits per heavy atom. The molecule has 0 saturated carbocycles. The summed E-state index contributed by atoms with van der Waals surface area (Å²) in [6.07, 6.45) is 3.80. The lowest BCUT2D eigenvalue weighted by atomic mass is 10.3. The molecule has 0 unspecified atom stereocenters. The van der Waals surface area contributed by atoms with E-state index in [-0.39, 0.29) is 11.6 Å². The lowest BCUT2D eigenvalue weighted by molar-refractivity contribution is -0.384. The van der Waals surface area contributed by atoms with Crippen LogP contribution in [0.4, 0.5) is 11.6 Å². The predicted molar refractivity (Wildman–Crippen MR) is 119 cm³/mol. The summed E-state index contributed by atoms with van der Waals surface area (Å²) in [7, 11) is 0. The first-order valence-electron chi connectivity index (χ1n) is 10.2. The molecule has 0 saturated heterocycles. The summed E-state index contributed by atoms with van der Waals surface area (Å²) in [4.78, 5) is 27.8. The van der Waals surface area contributed by atoms with Gasteiger partial charge in [0.2, 0.25) is 5.95 Å². The normalized spacial score (nSPS) is 11.0. The van der Waals surface area contributed by atoms with Crippen molar-refractivity contribution in [2.75, 3.05) is 18.5 Å². The van der Waals surface area contributed by atoms with Crippen molar-refractivity contribution in [2.45, 2.75) is 19.9 Å². The van der Waals surface area contributed by atoms with Crippen LogP contribution < -0.4 is 5.32 Å². The number of nitro benzene ring substituents is 1. The second-order valence-corrected chi connectivity index (χ2v) is 7.03. The fourth-order valence-electron chi connectivity index (χ4n) is 3.35. The number of hydrogen-bond donors (Lipinski definition) is 1. The fraction of sp³-hybridized carbons (Fsp3) is 0.227. The zero-order chi connectivity index (χ0) is 22.5. The molecule has 2 aromatic heterocycles. The summed E-state index contributed by atoms with van der Waals surface area (Å²) < 4.78 is 8.89. The molecule has 4 aromatic rings. The molecule has 1 N–H and O–H groups in total. The highest BCUT2D eigenvalue weighted by atomic mass is 16.6. The number of rotatable bonds is 9. The molecule has 10 heteroatoms. The molecular formula is C22H22N6O4. The van der Waals surface area contributed by atoms with Crippen LogP contribution in [0.25, 0.3) is 16.7 Å². The van der Waals surface area contributed by atoms with Crippen LogP contribution in [0, 0.1) is 10.1 Å². The van der Waals surface area contributed by atoms with Crippen molar-refractivity contribution >= 4 is 28.6 Å². The molecule has 0 atom stereocenters. The van der Waals surface area contributed by atoms with Crippen LogP contribution in [0.5, 0.6) is 0 Å². The van der Waals surface area contributed by atoms with Gasteiger partial charge in [-0.3, -0.25) is 20.2 Å². The van der Waals surface area contributed by atoms with Gasteiger partial charge in [-0.15, -0.1) is 0 Å². The summed E-state index contributed by atoms with van der Waals surface area (Å²) in [5, 5.41) is 17.9. The summed E-state index contributed by atoms with van der Waals surface area (Å²) >= 11 is 0. The highest BCUT2D eigenvalue weighted by molar-refractivity contribution is 6.03. The van der Waals surface area contributed by atoms with E-state index in [1.165, 1.54) is 23.0 Å². The number of benzene rings is 2. The number of nitrogens with one attached hydrogen (secondary N) is 1. The van der Waals surface area contributed by atoms with Gasteiger partial charge < -0.3 is 9.30 Å². The minimum Gasteiger partial charge on any atom is -0.382 e. The second-order valence-electron chi connectivity index (χ2n) is 7.03. The van der Waals surface area contributed by atoms with Crippen LogP contribution in [-0.4, -0.2) is 43.4 Å². The highest BCUT2D eigenvalue weighted by Gasteiger charge is 2.16. The molecule has 4 rings (SSSR count). The monoisotopic (exact) mass is 434 g/mol. The maximum atomic E-state index is 12.9. The van der Waals surface area contributed by atoms with E-state index in [4.69, 9.17) is 4.74 Å². The average molecular weight is 434 g/mol. The molecular weight excluding hydrogens is 412 g/mol. The Morgan fingerprint density at radius 2 is 1.97 bits per heavy atom. The Kier molecular flexibility index (Phi) is 6.22. The van der Waals surface area contributed by atoms with E-state index in [0.29, 0.717) is 37.0 Å². The van der Waals surface area contributed by atoms with Crippen LogP contribution in [0.1, 0.15) is 23.7 Å². The van der Waals surface area contributed by atoms with Crippen molar-refractivity contribution in [1.82, 2.24) is 19.3 Å². The number of imidazole rings is 1. The van der Waals surface area contributed by atoms with Crippen molar-refractivity contribution in [3.8, 4) is 5.69 Å². The molecule has 0 aliphatic heterocycles. The SMILES string of the molecule is CCOCCCn1c(NC(=O)c2cnn(-c3ccc([N+](=O)[O-])cc3)c2)nc2ccccc21. The molecule has 0 radical (unpaired) electrons. The van der Waals surface area contributed by atoms with E-state index in [1.54, 1.807) is 18.3 Å². The first-order valence-corrected chi connectivity index (χ1v) is 10.2. The van der Waals surface area contributed by atoms with E-state index in [1.807, 2.05) is 35.8 Å². The summed E-state index contributed by atoms with van der Waals surface area (Å²) in [5.41, 5.74) is 2.66. The molecule has 1 amide bonds. The van der Waals surface area contributed by atoms with Gasteiger partial charge in [-0.1, -0.05) is 12.1 Å². The molecule has 0 aliphatic carbocycles. The number of ether oxygens (including phenoxy) is 1. The number of hydrogen-bond acceptors (Lipinski definition) is 6. The molecule has 0 bridgehead atoms. The maximum absolute atomic E-state index is 12.9. The van der Waals surface area contributed by atoms with Crippen molar-refractivity contribution in [2.24, 2.45) is 0 Å². The Labute approximate surface area is 183 Å². The maximum Gasteiger partial charge on any atom is 0.269 e. The molecule has 10 nitrogen and oxygen atoms in total. The summed E-state index contributed by atoms with van der Waals surface area (Å²) in [6, 6.07) is 13.6. The fourth-order valence-corrected chi connectivity index (χ4v) is 3.35. The molecule has 0 spiro atoms. The lowest BCUT2D eigenvalue weighted by Crippen LogP contribution is -2.16. The largest absolute Gasteiger partial charge is 0.382 e. The van der Waals surface area contributed by atoms with Crippen LogP contribution >= 0.6 is 0 Å². The van der Waals surface area contributed by atoms with Crippen LogP contribution in [0.2, 0.25) is 0 Å². The standard InChI is InChI=1S/C22H22N6O4/c1-2-32-13-5-12-26-20-7-4-3-6-19(20)24-22(26)25-21(29)16-14-23-27(15-16)17-8-10-18(11-9-17)28(30)31/h3-4,6-11,14-15H,2,5,12-13H2,1H3,(H,24,25,29). The molecule has 2 heterocycles. The Bertz CT molecular complexity index is 1250. The number of nitrogens with zero attached hydrogens (tertiary/aromatic N) is 5. The Hall–Kier alpha value is -4.05. The Morgan fingerprint density at radius 1 is 1.19 bits per heavy atom. The number of aromatic nitrogens is 4. The van der Waals surface area contributed by atoms with E-state index < -0.39 is 4.92 Å². The van der Waals surface area contributed by atoms with Crippen molar-refractivity contribution in [3.05, 3.63) is 76.6 Å². The zero-order valence-corrected chi connectivity index (χ0v) is 17.5. The smallest absolute Gasteiger partial charge is 0.269 e. The minimum atomic E-state index is -0.466. The third kappa shape index (κ3) is 4.49. The third-order valence-electron chi connectivity index (χ3n) is 4.92. The van der Waals surface area contributed by atoms with E-state index in [0.717, 1.165) is 17.5 Å². The number of carbonyl (C=O) groups excluding carboxylic acids is 1. The number of amides is 1. The van der Waals surface area contributed by atoms with Gasteiger partial charge >= 0.3 is 0 Å². The van der Waals surface area contributed by atoms with Gasteiger partial charge in [-0.25, -0.2) is 9.67 Å². The van der Waals surface area contributed by atoms with Gasteiger partial charge in [0, 0.05) is 38.1 Å². The number of para-hydroxylation sites is 2. The van der Waals surface area contributed by atoms with Gasteiger partial charge in [-0.2, -0.15) is 5.10 Å². The zero-order valence-electron chi connectivity index (χ0n) is 17.5. The number of aryl methyl sites for hydroxylation is 1. The summed E-state index contributed by atoms with van der Waals surface area (Å²) in [6.45, 7) is 3.89. The van der Waals surface area contributed by atoms with Gasteiger partial charge in [-0.05, 0) is 37.6 Å². The highest BCUT2D eigenvalue weighted by Crippen LogP contribution is 2.21. The van der Waals surface area contributed by atoms with Gasteiger partial charge in [0.1, 0.15) is 0 Å². The van der Waals surface area contributed by atoms with Crippen LogP contribution in [0.15, 0.2) is 60.9 Å². The second kappa shape index (κ2) is 9.40. The van der Waals surface area contributed by atoms with Crippen LogP contribution in [0.3, 0.4) is 0 Å². The third-order valence-corrected chi connectivity index (χ3v) is 4.92. The van der Waals surface area contributed by atoms with E-state index in [2.05, 4.69) is 15.4 Å².